The van der Waals surface area contributed by atoms with Gasteiger partial charge in [0.2, 0.25) is 10.7 Å². The van der Waals surface area contributed by atoms with Crippen LogP contribution in [0.25, 0.3) is 0 Å². The number of thiol groups is 1. The van der Waals surface area contributed by atoms with Gasteiger partial charge >= 0.3 is 17.1 Å². The zero-order chi connectivity index (χ0) is 18.5. The first-order valence-electron chi connectivity index (χ1n) is 8.59. The number of esters is 1. The van der Waals surface area contributed by atoms with Crippen molar-refractivity contribution in [3.8, 4) is 0 Å². The van der Waals surface area contributed by atoms with Crippen molar-refractivity contribution < 1.29 is 35.5 Å². The first-order valence-corrected chi connectivity index (χ1v) is 9.76. The van der Waals surface area contributed by atoms with Crippen LogP contribution in [0.2, 0.25) is 0 Å². The number of alkyl halides is 4. The summed E-state index contributed by atoms with van der Waals surface area (Å²) in [5.41, 5.74) is -0.128. The van der Waals surface area contributed by atoms with Crippen LogP contribution < -0.4 is 0 Å². The van der Waals surface area contributed by atoms with E-state index in [9.17, 15) is 30.8 Å². The topological polar surface area (TPSA) is 60.4 Å². The normalized spacial score (nSPS) is 34.5. The zero-order valence-corrected chi connectivity index (χ0v) is 14.6. The van der Waals surface area contributed by atoms with Crippen molar-refractivity contribution in [2.45, 2.75) is 62.5 Å². The molecule has 0 heterocycles. The van der Waals surface area contributed by atoms with Gasteiger partial charge in [-0.2, -0.15) is 17.6 Å². The molecule has 25 heavy (non-hydrogen) atoms. The van der Waals surface area contributed by atoms with Crippen molar-refractivity contribution in [3.63, 3.8) is 0 Å². The average molecular weight is 386 g/mol. The number of rotatable bonds is 7. The van der Waals surface area contributed by atoms with Gasteiger partial charge in [0.15, 0.2) is 0 Å². The van der Waals surface area contributed by atoms with Gasteiger partial charge in [0, 0.05) is 0 Å². The molecule has 0 aliphatic heterocycles. The molecule has 4 nitrogen and oxygen atoms in total. The molecule has 4 aliphatic carbocycles. The smallest absolute Gasteiger partial charge is 0.404 e. The molecular formula is C16H22F4O4S. The Morgan fingerprint density at radius 2 is 1.48 bits per heavy atom. The summed E-state index contributed by atoms with van der Waals surface area (Å²) in [4.78, 5) is 12.0. The number of hydrogen-bond donors (Lipinski definition) is 1. The van der Waals surface area contributed by atoms with Crippen LogP contribution in [0.15, 0.2) is 0 Å². The Kier molecular flexibility index (Phi) is 4.83. The molecule has 0 spiro atoms. The van der Waals surface area contributed by atoms with Crippen LogP contribution in [0.4, 0.5) is 17.6 Å². The number of carbonyl (C=O) groups is 1. The van der Waals surface area contributed by atoms with Gasteiger partial charge in [-0.1, -0.05) is 0 Å². The van der Waals surface area contributed by atoms with Crippen LogP contribution in [0.5, 0.6) is 0 Å². The van der Waals surface area contributed by atoms with Gasteiger partial charge in [-0.05, 0) is 61.7 Å². The highest BCUT2D eigenvalue weighted by Gasteiger charge is 2.59. The summed E-state index contributed by atoms with van der Waals surface area (Å²) in [6.45, 7) is -0.920. The lowest BCUT2D eigenvalue weighted by Gasteiger charge is -2.56. The van der Waals surface area contributed by atoms with Gasteiger partial charge in [-0.3, -0.25) is 4.79 Å². The zero-order valence-electron chi connectivity index (χ0n) is 13.7. The second-order valence-corrected chi connectivity index (χ2v) is 9.14. The molecule has 4 aliphatic rings. The monoisotopic (exact) mass is 386 g/mol. The first-order chi connectivity index (χ1) is 11.5. The second kappa shape index (κ2) is 6.39. The summed E-state index contributed by atoms with van der Waals surface area (Å²) in [6, 6.07) is 0. The van der Waals surface area contributed by atoms with E-state index < -0.39 is 40.9 Å². The molecule has 0 unspecified atom stereocenters. The van der Waals surface area contributed by atoms with Crippen LogP contribution in [0.1, 0.15) is 51.4 Å². The third-order valence-corrected chi connectivity index (χ3v) is 6.82. The minimum Gasteiger partial charge on any atom is -0.465 e. The van der Waals surface area contributed by atoms with Crippen molar-refractivity contribution in [2.75, 3.05) is 6.61 Å². The summed E-state index contributed by atoms with van der Waals surface area (Å²) in [5, 5.41) is -5.14. The maximum Gasteiger partial charge on any atom is 0.404 e. The van der Waals surface area contributed by atoms with E-state index in [0.29, 0.717) is 17.8 Å². The SMILES string of the molecule is O=C(CC12CC3CC(CC(C3)C1)C2)OCCC(F)(F)C(F)(F)[SH](=O)=O. The minimum atomic E-state index is -5.14. The van der Waals surface area contributed by atoms with Gasteiger partial charge in [-0.15, -0.1) is 0 Å². The molecule has 0 aromatic carbocycles. The maximum absolute atomic E-state index is 13.3. The Hall–Kier alpha value is -0.860. The van der Waals surface area contributed by atoms with Gasteiger partial charge in [0.1, 0.15) is 0 Å². The minimum absolute atomic E-state index is 0.128. The van der Waals surface area contributed by atoms with Gasteiger partial charge in [0.25, 0.3) is 0 Å². The fourth-order valence-corrected chi connectivity index (χ4v) is 5.82. The standard InChI is InChI=1S/C16H22F4O4S/c17-15(18,16(19,20)25(22)23)1-2-24-13(21)9-14-6-10-3-11(7-14)5-12(4-10)8-14/h10-12,25H,1-9H2. The summed E-state index contributed by atoms with van der Waals surface area (Å²) >= 11 is 0. The Balaban J connectivity index is 1.51. The second-order valence-electron chi connectivity index (χ2n) is 8.07. The predicted molar refractivity (Wildman–Crippen MR) is 81.0 cm³/mol. The Morgan fingerprint density at radius 3 is 1.92 bits per heavy atom. The van der Waals surface area contributed by atoms with E-state index in [1.807, 2.05) is 0 Å². The Morgan fingerprint density at radius 1 is 1.00 bits per heavy atom. The molecule has 0 radical (unpaired) electrons. The van der Waals surface area contributed by atoms with Crippen molar-refractivity contribution in [3.05, 3.63) is 0 Å². The molecule has 4 fully saturated rings. The largest absolute Gasteiger partial charge is 0.465 e. The van der Waals surface area contributed by atoms with Crippen LogP contribution in [-0.4, -0.2) is 32.2 Å². The molecule has 4 bridgehead atoms. The van der Waals surface area contributed by atoms with Crippen molar-refractivity contribution in [1.29, 1.82) is 0 Å². The maximum atomic E-state index is 13.3. The lowest BCUT2D eigenvalue weighted by atomic mass is 9.49. The van der Waals surface area contributed by atoms with Gasteiger partial charge < -0.3 is 4.74 Å². The third kappa shape index (κ3) is 3.66. The Bertz CT molecular complexity index is 574. The molecule has 0 aromatic rings. The van der Waals surface area contributed by atoms with E-state index >= 15 is 0 Å². The molecule has 0 amide bonds. The van der Waals surface area contributed by atoms with Gasteiger partial charge in [-0.25, -0.2) is 8.42 Å². The molecule has 0 saturated heterocycles. The molecule has 4 rings (SSSR count). The van der Waals surface area contributed by atoms with E-state index in [1.54, 1.807) is 0 Å². The number of carbonyl (C=O) groups excluding carboxylic acids is 1. The van der Waals surface area contributed by atoms with Crippen molar-refractivity contribution in [1.82, 2.24) is 0 Å². The molecule has 4 saturated carbocycles. The van der Waals surface area contributed by atoms with Crippen molar-refractivity contribution >= 4 is 16.7 Å². The third-order valence-electron chi connectivity index (χ3n) is 6.03. The fraction of sp³-hybridized carbons (Fsp3) is 0.938. The summed E-state index contributed by atoms with van der Waals surface area (Å²) in [7, 11) is -4.61. The highest BCUT2D eigenvalue weighted by Crippen LogP contribution is 2.61. The predicted octanol–water partition coefficient (Wildman–Crippen LogP) is 3.37. The number of halogens is 4. The lowest BCUT2D eigenvalue weighted by molar-refractivity contribution is -0.173. The molecule has 0 aromatic heterocycles. The summed E-state index contributed by atoms with van der Waals surface area (Å²) < 4.78 is 77.8. The van der Waals surface area contributed by atoms with E-state index in [0.717, 1.165) is 19.3 Å². The van der Waals surface area contributed by atoms with Crippen LogP contribution in [0.3, 0.4) is 0 Å². The Labute approximate surface area is 145 Å². The van der Waals surface area contributed by atoms with E-state index in [4.69, 9.17) is 4.74 Å². The average Bonchev–Trinajstić information content (AvgIpc) is 2.44. The molecule has 0 N–H and O–H groups in total. The summed E-state index contributed by atoms with van der Waals surface area (Å²) in [6.07, 6.45) is 5.04. The van der Waals surface area contributed by atoms with E-state index in [1.165, 1.54) is 19.3 Å². The molecule has 9 heteroatoms. The first kappa shape index (κ1) is 18.9. The molecular weight excluding hydrogens is 364 g/mol. The quantitative estimate of drug-likeness (QED) is 0.414. The van der Waals surface area contributed by atoms with E-state index in [2.05, 4.69) is 0 Å². The van der Waals surface area contributed by atoms with Crippen LogP contribution in [-0.2, 0) is 20.2 Å². The lowest BCUT2D eigenvalue weighted by Crippen LogP contribution is -2.47. The van der Waals surface area contributed by atoms with Crippen LogP contribution in [0, 0.1) is 23.2 Å². The highest BCUT2D eigenvalue weighted by atomic mass is 32.2. The highest BCUT2D eigenvalue weighted by molar-refractivity contribution is 7.73. The summed E-state index contributed by atoms with van der Waals surface area (Å²) in [5.74, 6) is -3.56. The van der Waals surface area contributed by atoms with Crippen molar-refractivity contribution in [2.24, 2.45) is 23.2 Å². The van der Waals surface area contributed by atoms with Crippen LogP contribution >= 0.6 is 0 Å². The molecule has 0 atom stereocenters. The fourth-order valence-electron chi connectivity index (χ4n) is 5.44. The molecule has 144 valence electrons. The van der Waals surface area contributed by atoms with Gasteiger partial charge in [0.05, 0.1) is 19.4 Å². The number of ether oxygens (including phenoxy) is 1. The number of hydrogen-bond acceptors (Lipinski definition) is 4. The van der Waals surface area contributed by atoms with E-state index in [-0.39, 0.29) is 11.8 Å².